The normalized spacial score (nSPS) is 16.9. The van der Waals surface area contributed by atoms with Gasteiger partial charge in [0.15, 0.2) is 0 Å². The van der Waals surface area contributed by atoms with E-state index in [2.05, 4.69) is 31.3 Å². The number of rotatable bonds is 7. The Morgan fingerprint density at radius 3 is 2.45 bits per heavy atom. The lowest BCUT2D eigenvalue weighted by Gasteiger charge is -2.11. The fourth-order valence-electron chi connectivity index (χ4n) is 2.83. The molecule has 4 heteroatoms. The van der Waals surface area contributed by atoms with Crippen LogP contribution in [0.1, 0.15) is 63.0 Å². The number of amides is 1. The molecule has 0 aliphatic heterocycles. The Kier molecular flexibility index (Phi) is 6.62. The van der Waals surface area contributed by atoms with Gasteiger partial charge < -0.3 is 5.32 Å². The molecule has 0 saturated heterocycles. The zero-order valence-corrected chi connectivity index (χ0v) is 14.5. The van der Waals surface area contributed by atoms with Crippen molar-refractivity contribution in [1.29, 1.82) is 0 Å². The highest BCUT2D eigenvalue weighted by molar-refractivity contribution is 7.84. The van der Waals surface area contributed by atoms with Crippen LogP contribution in [-0.4, -0.2) is 21.9 Å². The third kappa shape index (κ3) is 5.56. The standard InChI is InChI=1S/C18H27NO2S/c1-14(2)16-9-7-15(8-10-16)13-22(21)12-11-18(20)19-17-5-3-4-6-17/h7-10,14,17H,3-6,11-13H2,1-2H3,(H,19,20). The van der Waals surface area contributed by atoms with Gasteiger partial charge >= 0.3 is 0 Å². The molecule has 1 aliphatic rings. The minimum atomic E-state index is -0.973. The lowest BCUT2D eigenvalue weighted by atomic mass is 10.0. The van der Waals surface area contributed by atoms with E-state index in [0.717, 1.165) is 18.4 Å². The highest BCUT2D eigenvalue weighted by atomic mass is 32.2. The molecule has 0 radical (unpaired) electrons. The fourth-order valence-corrected chi connectivity index (χ4v) is 3.95. The van der Waals surface area contributed by atoms with Gasteiger partial charge in [0.1, 0.15) is 0 Å². The summed E-state index contributed by atoms with van der Waals surface area (Å²) in [7, 11) is -0.973. The second-order valence-electron chi connectivity index (χ2n) is 6.48. The van der Waals surface area contributed by atoms with Gasteiger partial charge in [0.05, 0.1) is 0 Å². The summed E-state index contributed by atoms with van der Waals surface area (Å²) in [6.07, 6.45) is 4.98. The fraction of sp³-hybridized carbons (Fsp3) is 0.611. The molecule has 3 nitrogen and oxygen atoms in total. The SMILES string of the molecule is CC(C)c1ccc(CS(=O)CCC(=O)NC2CCCC2)cc1. The summed E-state index contributed by atoms with van der Waals surface area (Å²) < 4.78 is 12.1. The predicted octanol–water partition coefficient (Wildman–Crippen LogP) is 3.51. The van der Waals surface area contributed by atoms with E-state index in [9.17, 15) is 9.00 Å². The zero-order chi connectivity index (χ0) is 15.9. The molecule has 1 fully saturated rings. The van der Waals surface area contributed by atoms with Crippen LogP contribution in [-0.2, 0) is 21.3 Å². The van der Waals surface area contributed by atoms with Crippen LogP contribution in [0, 0.1) is 0 Å². The van der Waals surface area contributed by atoms with Crippen LogP contribution in [0.25, 0.3) is 0 Å². The minimum Gasteiger partial charge on any atom is -0.353 e. The Morgan fingerprint density at radius 1 is 1.23 bits per heavy atom. The Morgan fingerprint density at radius 2 is 1.86 bits per heavy atom. The molecule has 0 heterocycles. The summed E-state index contributed by atoms with van der Waals surface area (Å²) in [5.74, 6) is 1.55. The van der Waals surface area contributed by atoms with Gasteiger partial charge in [0.2, 0.25) is 5.91 Å². The first-order valence-corrected chi connectivity index (χ1v) is 9.76. The van der Waals surface area contributed by atoms with E-state index in [4.69, 9.17) is 0 Å². The van der Waals surface area contributed by atoms with E-state index in [1.165, 1.54) is 18.4 Å². The van der Waals surface area contributed by atoms with E-state index in [-0.39, 0.29) is 5.91 Å². The third-order valence-electron chi connectivity index (χ3n) is 4.25. The molecule has 122 valence electrons. The van der Waals surface area contributed by atoms with E-state index in [1.54, 1.807) is 0 Å². The van der Waals surface area contributed by atoms with Gasteiger partial charge in [0, 0.05) is 34.8 Å². The summed E-state index contributed by atoms with van der Waals surface area (Å²) in [5, 5.41) is 3.04. The van der Waals surface area contributed by atoms with Crippen LogP contribution in [0.15, 0.2) is 24.3 Å². The predicted molar refractivity (Wildman–Crippen MR) is 92.3 cm³/mol. The van der Waals surface area contributed by atoms with E-state index < -0.39 is 10.8 Å². The van der Waals surface area contributed by atoms with Crippen molar-refractivity contribution < 1.29 is 9.00 Å². The zero-order valence-electron chi connectivity index (χ0n) is 13.6. The van der Waals surface area contributed by atoms with Crippen molar-refractivity contribution in [3.63, 3.8) is 0 Å². The highest BCUT2D eigenvalue weighted by Gasteiger charge is 2.17. The number of carbonyl (C=O) groups is 1. The molecule has 1 aromatic rings. The third-order valence-corrected chi connectivity index (χ3v) is 5.57. The van der Waals surface area contributed by atoms with Gasteiger partial charge in [-0.2, -0.15) is 0 Å². The summed E-state index contributed by atoms with van der Waals surface area (Å²) in [4.78, 5) is 11.8. The summed E-state index contributed by atoms with van der Waals surface area (Å²) in [5.41, 5.74) is 2.38. The number of nitrogens with one attached hydrogen (secondary N) is 1. The second-order valence-corrected chi connectivity index (χ2v) is 8.06. The maximum atomic E-state index is 12.1. The molecule has 0 spiro atoms. The Bertz CT molecular complexity index is 504. The van der Waals surface area contributed by atoms with Gasteiger partial charge in [-0.3, -0.25) is 9.00 Å². The average molecular weight is 321 g/mol. The Labute approximate surface area is 136 Å². The van der Waals surface area contributed by atoms with Crippen LogP contribution >= 0.6 is 0 Å². The van der Waals surface area contributed by atoms with Crippen LogP contribution in [0.3, 0.4) is 0 Å². The molecular formula is C18H27NO2S. The van der Waals surface area contributed by atoms with Crippen LogP contribution in [0.5, 0.6) is 0 Å². The largest absolute Gasteiger partial charge is 0.353 e. The second kappa shape index (κ2) is 8.47. The molecule has 0 aromatic heterocycles. The van der Waals surface area contributed by atoms with E-state index in [0.29, 0.717) is 29.9 Å². The van der Waals surface area contributed by atoms with Crippen LogP contribution in [0.2, 0.25) is 0 Å². The van der Waals surface area contributed by atoms with Crippen molar-refractivity contribution >= 4 is 16.7 Å². The molecule has 1 atom stereocenters. The first kappa shape index (κ1) is 17.2. The molecule has 2 rings (SSSR count). The molecule has 1 unspecified atom stereocenters. The summed E-state index contributed by atoms with van der Waals surface area (Å²) in [6, 6.07) is 8.65. The molecular weight excluding hydrogens is 294 g/mol. The number of hydrogen-bond donors (Lipinski definition) is 1. The van der Waals surface area contributed by atoms with Crippen molar-refractivity contribution in [2.75, 3.05) is 5.75 Å². The monoisotopic (exact) mass is 321 g/mol. The Hall–Kier alpha value is -1.16. The molecule has 0 bridgehead atoms. The maximum absolute atomic E-state index is 12.1. The summed E-state index contributed by atoms with van der Waals surface area (Å²) >= 11 is 0. The molecule has 1 amide bonds. The smallest absolute Gasteiger partial charge is 0.221 e. The van der Waals surface area contributed by atoms with Crippen LogP contribution < -0.4 is 5.32 Å². The minimum absolute atomic E-state index is 0.0513. The van der Waals surface area contributed by atoms with Gasteiger partial charge in [0.25, 0.3) is 0 Å². The van der Waals surface area contributed by atoms with E-state index in [1.807, 2.05) is 12.1 Å². The van der Waals surface area contributed by atoms with Crippen molar-refractivity contribution in [3.05, 3.63) is 35.4 Å². The quantitative estimate of drug-likeness (QED) is 0.835. The lowest BCUT2D eigenvalue weighted by molar-refractivity contribution is -0.121. The van der Waals surface area contributed by atoms with Gasteiger partial charge in [-0.1, -0.05) is 51.0 Å². The maximum Gasteiger partial charge on any atom is 0.221 e. The number of benzene rings is 1. The first-order chi connectivity index (χ1) is 10.5. The van der Waals surface area contributed by atoms with Gasteiger partial charge in [-0.15, -0.1) is 0 Å². The lowest BCUT2D eigenvalue weighted by Crippen LogP contribution is -2.33. The van der Waals surface area contributed by atoms with Gasteiger partial charge in [-0.25, -0.2) is 0 Å². The number of carbonyl (C=O) groups excluding carboxylic acids is 1. The first-order valence-electron chi connectivity index (χ1n) is 8.28. The van der Waals surface area contributed by atoms with Crippen molar-refractivity contribution in [2.24, 2.45) is 0 Å². The van der Waals surface area contributed by atoms with Crippen molar-refractivity contribution in [1.82, 2.24) is 5.32 Å². The average Bonchev–Trinajstić information content (AvgIpc) is 2.98. The van der Waals surface area contributed by atoms with Crippen LogP contribution in [0.4, 0.5) is 0 Å². The molecule has 22 heavy (non-hydrogen) atoms. The topological polar surface area (TPSA) is 46.2 Å². The molecule has 1 aliphatic carbocycles. The van der Waals surface area contributed by atoms with Gasteiger partial charge in [-0.05, 0) is 29.9 Å². The summed E-state index contributed by atoms with van der Waals surface area (Å²) in [6.45, 7) is 4.33. The Balaban J connectivity index is 1.71. The number of hydrogen-bond acceptors (Lipinski definition) is 2. The van der Waals surface area contributed by atoms with E-state index >= 15 is 0 Å². The highest BCUT2D eigenvalue weighted by Crippen LogP contribution is 2.18. The molecule has 1 aromatic carbocycles. The molecule has 1 saturated carbocycles. The van der Waals surface area contributed by atoms with Crippen molar-refractivity contribution in [2.45, 2.75) is 63.7 Å². The molecule has 1 N–H and O–H groups in total. The van der Waals surface area contributed by atoms with Crippen molar-refractivity contribution in [3.8, 4) is 0 Å².